The maximum atomic E-state index is 13.8. The van der Waals surface area contributed by atoms with Crippen LogP contribution in [0, 0.1) is 17.6 Å². The van der Waals surface area contributed by atoms with E-state index in [9.17, 15) is 8.78 Å². The summed E-state index contributed by atoms with van der Waals surface area (Å²) in [7, 11) is 0. The van der Waals surface area contributed by atoms with Crippen LogP contribution in [0.4, 0.5) is 14.5 Å². The normalized spacial score (nSPS) is 19.6. The molecule has 0 spiro atoms. The molecule has 1 aliphatic rings. The lowest BCUT2D eigenvalue weighted by Crippen LogP contribution is -2.46. The molecule has 112 valence electrons. The fourth-order valence-corrected chi connectivity index (χ4v) is 2.68. The summed E-state index contributed by atoms with van der Waals surface area (Å²) in [6, 6.07) is 4.77. The fourth-order valence-electron chi connectivity index (χ4n) is 2.68. The largest absolute Gasteiger partial charge is 0.368 e. The van der Waals surface area contributed by atoms with Gasteiger partial charge in [-0.2, -0.15) is 0 Å². The summed E-state index contributed by atoms with van der Waals surface area (Å²) in [5.41, 5.74) is 0.389. The number of hydrogen-bond acceptors (Lipinski definition) is 2. The van der Waals surface area contributed by atoms with Crippen molar-refractivity contribution in [3.05, 3.63) is 29.8 Å². The Hall–Kier alpha value is -1.16. The molecule has 20 heavy (non-hydrogen) atoms. The minimum Gasteiger partial charge on any atom is -0.368 e. The van der Waals surface area contributed by atoms with Crippen LogP contribution in [0.1, 0.15) is 33.1 Å². The Morgan fingerprint density at radius 3 is 2.90 bits per heavy atom. The second kappa shape index (κ2) is 7.02. The Morgan fingerprint density at radius 1 is 1.35 bits per heavy atom. The van der Waals surface area contributed by atoms with E-state index >= 15 is 0 Å². The van der Waals surface area contributed by atoms with Gasteiger partial charge in [-0.05, 0) is 43.9 Å². The molecule has 1 saturated heterocycles. The third kappa shape index (κ3) is 3.92. The Morgan fingerprint density at radius 2 is 2.15 bits per heavy atom. The van der Waals surface area contributed by atoms with Gasteiger partial charge in [-0.15, -0.1) is 0 Å². The highest BCUT2D eigenvalue weighted by molar-refractivity contribution is 5.48. The molecule has 0 bridgehead atoms. The lowest BCUT2D eigenvalue weighted by Gasteiger charge is -2.35. The molecule has 2 rings (SSSR count). The number of hydrogen-bond donors (Lipinski definition) is 1. The summed E-state index contributed by atoms with van der Waals surface area (Å²) in [6.07, 6.45) is 3.26. The average molecular weight is 282 g/mol. The van der Waals surface area contributed by atoms with E-state index in [4.69, 9.17) is 0 Å². The molecule has 1 aliphatic heterocycles. The summed E-state index contributed by atoms with van der Waals surface area (Å²) in [5, 5.41) is 3.53. The van der Waals surface area contributed by atoms with Gasteiger partial charge >= 0.3 is 0 Å². The van der Waals surface area contributed by atoms with E-state index in [0.29, 0.717) is 17.6 Å². The zero-order chi connectivity index (χ0) is 14.5. The number of rotatable bonds is 5. The molecule has 2 nitrogen and oxygen atoms in total. The van der Waals surface area contributed by atoms with Gasteiger partial charge in [-0.25, -0.2) is 8.78 Å². The zero-order valence-corrected chi connectivity index (χ0v) is 12.3. The highest BCUT2D eigenvalue weighted by Crippen LogP contribution is 2.24. The molecule has 1 aromatic carbocycles. The number of nitrogens with one attached hydrogen (secondary N) is 1. The quantitative estimate of drug-likeness (QED) is 0.888. The van der Waals surface area contributed by atoms with Crippen LogP contribution in [0.25, 0.3) is 0 Å². The summed E-state index contributed by atoms with van der Waals surface area (Å²) >= 11 is 0. The smallest absolute Gasteiger partial charge is 0.182 e. The van der Waals surface area contributed by atoms with Gasteiger partial charge in [0, 0.05) is 19.1 Å². The number of anilines is 1. The Bertz CT molecular complexity index is 434. The van der Waals surface area contributed by atoms with Gasteiger partial charge in [0.1, 0.15) is 0 Å². The summed E-state index contributed by atoms with van der Waals surface area (Å²) in [4.78, 5) is 1.95. The van der Waals surface area contributed by atoms with Crippen LogP contribution < -0.4 is 10.2 Å². The van der Waals surface area contributed by atoms with Crippen LogP contribution in [0.15, 0.2) is 18.2 Å². The predicted octanol–water partition coefficient (Wildman–Crippen LogP) is 3.57. The van der Waals surface area contributed by atoms with E-state index in [1.165, 1.54) is 6.07 Å². The molecule has 1 atom stereocenters. The van der Waals surface area contributed by atoms with E-state index in [-0.39, 0.29) is 0 Å². The van der Waals surface area contributed by atoms with Gasteiger partial charge in [0.25, 0.3) is 0 Å². The molecule has 1 unspecified atom stereocenters. The van der Waals surface area contributed by atoms with E-state index in [0.717, 1.165) is 38.9 Å². The van der Waals surface area contributed by atoms with Crippen molar-refractivity contribution >= 4 is 5.69 Å². The lowest BCUT2D eigenvalue weighted by molar-refractivity contribution is 0.402. The van der Waals surface area contributed by atoms with Gasteiger partial charge in [0.15, 0.2) is 11.6 Å². The monoisotopic (exact) mass is 282 g/mol. The maximum absolute atomic E-state index is 13.8. The van der Waals surface area contributed by atoms with Crippen LogP contribution >= 0.6 is 0 Å². The van der Waals surface area contributed by atoms with Crippen molar-refractivity contribution in [2.75, 3.05) is 24.5 Å². The van der Waals surface area contributed by atoms with Gasteiger partial charge in [0.05, 0.1) is 5.69 Å². The van der Waals surface area contributed by atoms with Gasteiger partial charge in [0.2, 0.25) is 0 Å². The topological polar surface area (TPSA) is 15.3 Å². The van der Waals surface area contributed by atoms with E-state index in [1.54, 1.807) is 12.1 Å². The number of nitrogens with zero attached hydrogens (tertiary/aromatic N) is 1. The molecule has 1 heterocycles. The van der Waals surface area contributed by atoms with E-state index in [1.807, 2.05) is 4.90 Å². The van der Waals surface area contributed by atoms with Gasteiger partial charge < -0.3 is 10.2 Å². The Balaban J connectivity index is 1.94. The third-order valence-electron chi connectivity index (χ3n) is 3.85. The van der Waals surface area contributed by atoms with Crippen LogP contribution in [0.5, 0.6) is 0 Å². The van der Waals surface area contributed by atoms with E-state index in [2.05, 4.69) is 19.2 Å². The van der Waals surface area contributed by atoms with Crippen LogP contribution in [-0.2, 0) is 0 Å². The van der Waals surface area contributed by atoms with Crippen LogP contribution in [0.3, 0.4) is 0 Å². The number of halogens is 2. The first kappa shape index (κ1) is 15.2. The van der Waals surface area contributed by atoms with Crippen LogP contribution in [0.2, 0.25) is 0 Å². The molecular formula is C16H24F2N2. The van der Waals surface area contributed by atoms with Crippen molar-refractivity contribution in [1.29, 1.82) is 0 Å². The lowest BCUT2D eigenvalue weighted by atomic mass is 10.0. The van der Waals surface area contributed by atoms with Crippen LogP contribution in [-0.4, -0.2) is 25.7 Å². The highest BCUT2D eigenvalue weighted by Gasteiger charge is 2.22. The zero-order valence-electron chi connectivity index (χ0n) is 12.3. The molecule has 1 fully saturated rings. The first-order valence-corrected chi connectivity index (χ1v) is 7.50. The number of benzene rings is 1. The first-order valence-electron chi connectivity index (χ1n) is 7.50. The average Bonchev–Trinajstić information content (AvgIpc) is 2.42. The molecule has 0 radical (unpaired) electrons. The molecule has 4 heteroatoms. The Kier molecular flexibility index (Phi) is 5.35. The molecule has 0 aliphatic carbocycles. The maximum Gasteiger partial charge on any atom is 0.182 e. The fraction of sp³-hybridized carbons (Fsp3) is 0.625. The summed E-state index contributed by atoms with van der Waals surface area (Å²) < 4.78 is 27.1. The standard InChI is InChI=1S/C16H24F2N2/c1-12(2)8-9-19-13-5-4-10-20(11-13)15-7-3-6-14(17)16(15)18/h3,6-7,12-13,19H,4-5,8-11H2,1-2H3. The first-order chi connectivity index (χ1) is 9.58. The van der Waals surface area contributed by atoms with Crippen molar-refractivity contribution in [3.63, 3.8) is 0 Å². The molecule has 1 N–H and O–H groups in total. The molecule has 0 saturated carbocycles. The molecular weight excluding hydrogens is 258 g/mol. The number of piperidine rings is 1. The van der Waals surface area contributed by atoms with Crippen molar-refractivity contribution in [1.82, 2.24) is 5.32 Å². The molecule has 1 aromatic rings. The Labute approximate surface area is 120 Å². The van der Waals surface area contributed by atoms with Gasteiger partial charge in [-0.3, -0.25) is 0 Å². The van der Waals surface area contributed by atoms with Gasteiger partial charge in [-0.1, -0.05) is 19.9 Å². The summed E-state index contributed by atoms with van der Waals surface area (Å²) in [5.74, 6) is -0.810. The van der Waals surface area contributed by atoms with Crippen molar-refractivity contribution in [2.45, 2.75) is 39.2 Å². The second-order valence-corrected chi connectivity index (χ2v) is 5.99. The predicted molar refractivity (Wildman–Crippen MR) is 79.1 cm³/mol. The molecule has 0 aromatic heterocycles. The minimum atomic E-state index is -0.766. The van der Waals surface area contributed by atoms with Crippen molar-refractivity contribution in [2.24, 2.45) is 5.92 Å². The highest BCUT2D eigenvalue weighted by atomic mass is 19.2. The van der Waals surface area contributed by atoms with Crippen molar-refractivity contribution < 1.29 is 8.78 Å². The SMILES string of the molecule is CC(C)CCNC1CCCN(c2cccc(F)c2F)C1. The minimum absolute atomic E-state index is 0.366. The van der Waals surface area contributed by atoms with Crippen molar-refractivity contribution in [3.8, 4) is 0 Å². The van der Waals surface area contributed by atoms with E-state index < -0.39 is 11.6 Å². The molecule has 0 amide bonds. The second-order valence-electron chi connectivity index (χ2n) is 5.99. The third-order valence-corrected chi connectivity index (χ3v) is 3.85. The summed E-state index contributed by atoms with van der Waals surface area (Å²) in [6.45, 7) is 6.94.